The molecule has 2 aromatic rings. The summed E-state index contributed by atoms with van der Waals surface area (Å²) in [6.07, 6.45) is -3.89. The van der Waals surface area contributed by atoms with E-state index in [4.69, 9.17) is 0 Å². The van der Waals surface area contributed by atoms with E-state index in [1.165, 1.54) is 24.3 Å². The van der Waals surface area contributed by atoms with Crippen LogP contribution in [0, 0.1) is 0 Å². The van der Waals surface area contributed by atoms with Crippen LogP contribution in [0.25, 0.3) is 0 Å². The molecule has 0 N–H and O–H groups in total. The summed E-state index contributed by atoms with van der Waals surface area (Å²) in [5, 5.41) is 0. The van der Waals surface area contributed by atoms with Crippen molar-refractivity contribution >= 4 is 11.4 Å². The smallest absolute Gasteiger partial charge is 0.227 e. The molecule has 2 rings (SSSR count). The Balaban J connectivity index is 1.90. The van der Waals surface area contributed by atoms with E-state index in [1.54, 1.807) is 36.4 Å². The van der Waals surface area contributed by atoms with Gasteiger partial charge in [0.1, 0.15) is 0 Å². The van der Waals surface area contributed by atoms with E-state index in [2.05, 4.69) is 8.37 Å². The SMILES string of the molecule is O=S(OC(F)c1ccccc1)OC(F)c1ccccc1. The Hall–Kier alpha value is -1.63. The predicted molar refractivity (Wildman–Crippen MR) is 70.9 cm³/mol. The van der Waals surface area contributed by atoms with E-state index in [0.717, 1.165) is 0 Å². The van der Waals surface area contributed by atoms with Crippen LogP contribution in [-0.2, 0) is 19.7 Å². The van der Waals surface area contributed by atoms with Crippen LogP contribution in [0.3, 0.4) is 0 Å². The molecule has 0 fully saturated rings. The first-order valence-electron chi connectivity index (χ1n) is 5.81. The third kappa shape index (κ3) is 4.19. The van der Waals surface area contributed by atoms with E-state index in [1.807, 2.05) is 0 Å². The predicted octanol–water partition coefficient (Wildman–Crippen LogP) is 3.93. The minimum absolute atomic E-state index is 0.180. The van der Waals surface area contributed by atoms with E-state index in [0.29, 0.717) is 0 Å². The average molecular weight is 298 g/mol. The van der Waals surface area contributed by atoms with Gasteiger partial charge in [-0.05, 0) is 0 Å². The number of rotatable bonds is 6. The van der Waals surface area contributed by atoms with Gasteiger partial charge in [0.15, 0.2) is 0 Å². The lowest BCUT2D eigenvalue weighted by molar-refractivity contribution is 0.0244. The molecule has 2 unspecified atom stereocenters. The van der Waals surface area contributed by atoms with Gasteiger partial charge < -0.3 is 0 Å². The zero-order chi connectivity index (χ0) is 14.4. The van der Waals surface area contributed by atoms with Crippen molar-refractivity contribution in [3.63, 3.8) is 0 Å². The standard InChI is InChI=1S/C14H12F2O3S/c15-13(11-7-3-1-4-8-11)18-20(17)19-14(16)12-9-5-2-6-10-12/h1-10,13-14H. The minimum Gasteiger partial charge on any atom is -0.227 e. The maximum absolute atomic E-state index is 13.6. The van der Waals surface area contributed by atoms with Crippen LogP contribution in [0.1, 0.15) is 23.8 Å². The molecule has 0 aliphatic heterocycles. The molecule has 0 radical (unpaired) electrons. The first-order valence-corrected chi connectivity index (χ1v) is 6.81. The van der Waals surface area contributed by atoms with Crippen molar-refractivity contribution < 1.29 is 21.4 Å². The topological polar surface area (TPSA) is 35.5 Å². The molecule has 0 aliphatic rings. The number of halogens is 2. The molecule has 0 saturated carbocycles. The molecule has 6 heteroatoms. The summed E-state index contributed by atoms with van der Waals surface area (Å²) in [6, 6.07) is 15.7. The second-order valence-corrected chi connectivity index (χ2v) is 4.64. The summed E-state index contributed by atoms with van der Waals surface area (Å²) in [4.78, 5) is 0. The minimum atomic E-state index is -2.53. The lowest BCUT2D eigenvalue weighted by atomic mass is 10.2. The Labute approximate surface area is 118 Å². The molecule has 0 spiro atoms. The van der Waals surface area contributed by atoms with Gasteiger partial charge in [0.2, 0.25) is 12.7 Å². The molecular weight excluding hydrogens is 286 g/mol. The summed E-state index contributed by atoms with van der Waals surface area (Å²) >= 11 is -2.53. The molecule has 20 heavy (non-hydrogen) atoms. The van der Waals surface area contributed by atoms with Gasteiger partial charge in [-0.1, -0.05) is 60.7 Å². The normalized spacial score (nSPS) is 15.5. The summed E-state index contributed by atoms with van der Waals surface area (Å²) in [7, 11) is 0. The molecule has 0 aromatic heterocycles. The van der Waals surface area contributed by atoms with Crippen molar-refractivity contribution in [2.24, 2.45) is 0 Å². The number of hydrogen-bond acceptors (Lipinski definition) is 3. The fourth-order valence-electron chi connectivity index (χ4n) is 1.48. The highest BCUT2D eigenvalue weighted by Gasteiger charge is 2.19. The van der Waals surface area contributed by atoms with Crippen molar-refractivity contribution in [3.8, 4) is 0 Å². The highest BCUT2D eigenvalue weighted by Crippen LogP contribution is 2.24. The number of benzene rings is 2. The highest BCUT2D eigenvalue weighted by atomic mass is 32.2. The van der Waals surface area contributed by atoms with Gasteiger partial charge in [-0.15, -0.1) is 0 Å². The summed E-state index contributed by atoms with van der Waals surface area (Å²) in [5.41, 5.74) is 0.360. The first kappa shape index (κ1) is 14.8. The summed E-state index contributed by atoms with van der Waals surface area (Å²) in [5.74, 6) is 0. The van der Waals surface area contributed by atoms with Crippen molar-refractivity contribution in [2.75, 3.05) is 0 Å². The van der Waals surface area contributed by atoms with Gasteiger partial charge in [-0.25, -0.2) is 17.1 Å². The van der Waals surface area contributed by atoms with Crippen LogP contribution in [0.15, 0.2) is 60.7 Å². The van der Waals surface area contributed by atoms with Gasteiger partial charge in [-0.3, -0.25) is 0 Å². The van der Waals surface area contributed by atoms with Crippen LogP contribution in [0.2, 0.25) is 0 Å². The summed E-state index contributed by atoms with van der Waals surface area (Å²) in [6.45, 7) is 0. The average Bonchev–Trinajstić information content (AvgIpc) is 2.49. The van der Waals surface area contributed by atoms with Crippen LogP contribution < -0.4 is 0 Å². The number of hydrogen-bond donors (Lipinski definition) is 0. The van der Waals surface area contributed by atoms with E-state index in [9.17, 15) is 13.0 Å². The maximum Gasteiger partial charge on any atom is 0.310 e. The molecule has 2 aromatic carbocycles. The Morgan fingerprint density at radius 2 is 1.10 bits per heavy atom. The first-order chi connectivity index (χ1) is 9.66. The second kappa shape index (κ2) is 7.23. The zero-order valence-corrected chi connectivity index (χ0v) is 11.1. The van der Waals surface area contributed by atoms with E-state index < -0.39 is 24.1 Å². The molecular formula is C14H12F2O3S. The largest absolute Gasteiger partial charge is 0.310 e. The Bertz CT molecular complexity index is 501. The van der Waals surface area contributed by atoms with Crippen molar-refractivity contribution in [3.05, 3.63) is 71.8 Å². The van der Waals surface area contributed by atoms with Gasteiger partial charge >= 0.3 is 11.4 Å². The molecule has 0 amide bonds. The molecule has 0 bridgehead atoms. The third-order valence-corrected chi connectivity index (χ3v) is 3.10. The van der Waals surface area contributed by atoms with E-state index in [-0.39, 0.29) is 11.1 Å². The van der Waals surface area contributed by atoms with Crippen molar-refractivity contribution in [1.82, 2.24) is 0 Å². The van der Waals surface area contributed by atoms with Gasteiger partial charge in [0.25, 0.3) is 0 Å². The van der Waals surface area contributed by atoms with Crippen molar-refractivity contribution in [2.45, 2.75) is 12.7 Å². The van der Waals surface area contributed by atoms with Crippen LogP contribution in [0.5, 0.6) is 0 Å². The Morgan fingerprint density at radius 1 is 0.750 bits per heavy atom. The Morgan fingerprint density at radius 3 is 1.45 bits per heavy atom. The van der Waals surface area contributed by atoms with Gasteiger partial charge in [-0.2, -0.15) is 4.21 Å². The lowest BCUT2D eigenvalue weighted by Crippen LogP contribution is -2.08. The third-order valence-electron chi connectivity index (χ3n) is 2.45. The van der Waals surface area contributed by atoms with Gasteiger partial charge in [0, 0.05) is 11.1 Å². The fraction of sp³-hybridized carbons (Fsp3) is 0.143. The molecule has 3 nitrogen and oxygen atoms in total. The van der Waals surface area contributed by atoms with Crippen LogP contribution >= 0.6 is 0 Å². The monoisotopic (exact) mass is 298 g/mol. The molecule has 106 valence electrons. The van der Waals surface area contributed by atoms with Crippen molar-refractivity contribution in [1.29, 1.82) is 0 Å². The Kier molecular flexibility index (Phi) is 5.34. The lowest BCUT2D eigenvalue weighted by Gasteiger charge is -2.11. The quantitative estimate of drug-likeness (QED) is 0.810. The van der Waals surface area contributed by atoms with E-state index >= 15 is 0 Å². The molecule has 0 aliphatic carbocycles. The molecule has 0 saturated heterocycles. The number of alkyl halides is 2. The fourth-order valence-corrected chi connectivity index (χ4v) is 2.02. The van der Waals surface area contributed by atoms with Crippen LogP contribution in [-0.4, -0.2) is 4.21 Å². The maximum atomic E-state index is 13.6. The summed E-state index contributed by atoms with van der Waals surface area (Å²) < 4.78 is 47.6. The van der Waals surface area contributed by atoms with Crippen LogP contribution in [0.4, 0.5) is 8.78 Å². The zero-order valence-electron chi connectivity index (χ0n) is 10.3. The second-order valence-electron chi connectivity index (χ2n) is 3.85. The molecule has 2 atom stereocenters. The molecule has 0 heterocycles. The highest BCUT2D eigenvalue weighted by molar-refractivity contribution is 7.75. The van der Waals surface area contributed by atoms with Gasteiger partial charge in [0.05, 0.1) is 0 Å².